The minimum Gasteiger partial charge on any atom is -0.368 e. The predicted molar refractivity (Wildman–Crippen MR) is 130 cm³/mol. The fourth-order valence-electron chi connectivity index (χ4n) is 4.24. The molecule has 7 nitrogen and oxygen atoms in total. The molecule has 0 spiro atoms. The topological polar surface area (TPSA) is 69.6 Å². The maximum Gasteiger partial charge on any atom is 0.243 e. The first-order valence-corrected chi connectivity index (χ1v) is 12.6. The molecule has 4 rings (SSSR count). The van der Waals surface area contributed by atoms with Gasteiger partial charge in [0.05, 0.1) is 22.1 Å². The van der Waals surface area contributed by atoms with Gasteiger partial charge in [-0.1, -0.05) is 26.0 Å². The van der Waals surface area contributed by atoms with Crippen LogP contribution in [0, 0.1) is 13.8 Å². The molecule has 0 aliphatic carbocycles. The van der Waals surface area contributed by atoms with E-state index in [1.807, 2.05) is 13.8 Å². The van der Waals surface area contributed by atoms with E-state index >= 15 is 0 Å². The van der Waals surface area contributed by atoms with E-state index in [2.05, 4.69) is 46.8 Å². The van der Waals surface area contributed by atoms with Crippen molar-refractivity contribution in [2.75, 3.05) is 49.1 Å². The molecular weight excluding hydrogens is 422 g/mol. The lowest BCUT2D eigenvalue weighted by molar-refractivity contribution is 0.445. The van der Waals surface area contributed by atoms with E-state index < -0.39 is 10.0 Å². The lowest BCUT2D eigenvalue weighted by Gasteiger charge is -2.37. The quantitative estimate of drug-likeness (QED) is 0.568. The van der Waals surface area contributed by atoms with E-state index in [0.717, 1.165) is 32.0 Å². The highest BCUT2D eigenvalue weighted by molar-refractivity contribution is 7.89. The van der Waals surface area contributed by atoms with Gasteiger partial charge in [-0.2, -0.15) is 4.31 Å². The summed E-state index contributed by atoms with van der Waals surface area (Å²) in [7, 11) is -3.51. The molecule has 0 amide bonds. The molecule has 1 aromatic heterocycles. The zero-order valence-corrected chi connectivity index (χ0v) is 20.1. The molecule has 0 unspecified atom stereocenters. The molecule has 1 aliphatic heterocycles. The highest BCUT2D eigenvalue weighted by atomic mass is 32.2. The molecule has 0 saturated carbocycles. The molecule has 170 valence electrons. The number of hydrogen-bond donors (Lipinski definition) is 0. The summed E-state index contributed by atoms with van der Waals surface area (Å²) >= 11 is 0. The van der Waals surface area contributed by atoms with Crippen molar-refractivity contribution in [3.63, 3.8) is 0 Å². The number of sulfonamides is 1. The first kappa shape index (κ1) is 22.5. The van der Waals surface area contributed by atoms with Crippen molar-refractivity contribution in [1.29, 1.82) is 0 Å². The minimum atomic E-state index is -3.51. The minimum absolute atomic E-state index is 0.262. The number of aryl methyl sites for hydroxylation is 2. The van der Waals surface area contributed by atoms with Crippen LogP contribution in [0.5, 0.6) is 0 Å². The summed E-state index contributed by atoms with van der Waals surface area (Å²) < 4.78 is 27.1. The Kier molecular flexibility index (Phi) is 6.35. The highest BCUT2D eigenvalue weighted by Gasteiger charge is 2.23. The zero-order chi connectivity index (χ0) is 22.9. The standard InChI is InChI=1S/C24H31N5O2S/c1-5-29(6-2)32(30,31)20-9-10-21-22(16-20)25-17-24(26-21)28-13-11-27(12-14-28)23-15-18(3)7-8-19(23)4/h7-10,15-17H,5-6,11-14H2,1-4H3. The lowest BCUT2D eigenvalue weighted by atomic mass is 10.1. The first-order valence-electron chi connectivity index (χ1n) is 11.2. The summed E-state index contributed by atoms with van der Waals surface area (Å²) in [5.41, 5.74) is 5.17. The van der Waals surface area contributed by atoms with Gasteiger partial charge in [0.15, 0.2) is 0 Å². The van der Waals surface area contributed by atoms with Crippen molar-refractivity contribution in [1.82, 2.24) is 14.3 Å². The van der Waals surface area contributed by atoms with Crippen LogP contribution < -0.4 is 9.80 Å². The Bertz CT molecular complexity index is 1220. The second-order valence-corrected chi connectivity index (χ2v) is 10.2. The summed E-state index contributed by atoms with van der Waals surface area (Å²) in [6, 6.07) is 11.6. The van der Waals surface area contributed by atoms with Crippen molar-refractivity contribution in [3.8, 4) is 0 Å². The monoisotopic (exact) mass is 453 g/mol. The molecule has 0 radical (unpaired) electrons. The third-order valence-electron chi connectivity index (χ3n) is 6.15. The van der Waals surface area contributed by atoms with Gasteiger partial charge in [0.1, 0.15) is 5.82 Å². The molecule has 0 bridgehead atoms. The van der Waals surface area contributed by atoms with E-state index in [0.29, 0.717) is 24.1 Å². The summed E-state index contributed by atoms with van der Waals surface area (Å²) in [5.74, 6) is 0.831. The Labute approximate surface area is 190 Å². The van der Waals surface area contributed by atoms with Crippen LogP contribution in [0.4, 0.5) is 11.5 Å². The molecule has 0 N–H and O–H groups in total. The Morgan fingerprint density at radius 2 is 1.59 bits per heavy atom. The van der Waals surface area contributed by atoms with Crippen LogP contribution in [0.25, 0.3) is 11.0 Å². The average Bonchev–Trinajstić information content (AvgIpc) is 2.80. The van der Waals surface area contributed by atoms with Gasteiger partial charge in [-0.3, -0.25) is 4.98 Å². The van der Waals surface area contributed by atoms with Crippen molar-refractivity contribution < 1.29 is 8.42 Å². The van der Waals surface area contributed by atoms with Crippen molar-refractivity contribution >= 4 is 32.6 Å². The van der Waals surface area contributed by atoms with Gasteiger partial charge in [-0.25, -0.2) is 13.4 Å². The number of nitrogens with zero attached hydrogens (tertiary/aromatic N) is 5. The highest BCUT2D eigenvalue weighted by Crippen LogP contribution is 2.25. The van der Waals surface area contributed by atoms with Gasteiger partial charge in [-0.05, 0) is 49.2 Å². The second kappa shape index (κ2) is 9.03. The van der Waals surface area contributed by atoms with Crippen LogP contribution in [0.3, 0.4) is 0 Å². The number of hydrogen-bond acceptors (Lipinski definition) is 6. The Morgan fingerprint density at radius 3 is 2.28 bits per heavy atom. The summed E-state index contributed by atoms with van der Waals surface area (Å²) in [5, 5.41) is 0. The van der Waals surface area contributed by atoms with Gasteiger partial charge in [0.2, 0.25) is 10.0 Å². The molecule has 1 aliphatic rings. The van der Waals surface area contributed by atoms with Crippen molar-refractivity contribution in [2.45, 2.75) is 32.6 Å². The van der Waals surface area contributed by atoms with Crippen LogP contribution in [-0.4, -0.2) is 62.0 Å². The number of benzene rings is 2. The molecule has 1 saturated heterocycles. The fourth-order valence-corrected chi connectivity index (χ4v) is 5.72. The summed E-state index contributed by atoms with van der Waals surface area (Å²) in [6.45, 7) is 12.4. The van der Waals surface area contributed by atoms with Crippen molar-refractivity contribution in [3.05, 3.63) is 53.7 Å². The van der Waals surface area contributed by atoms with Crippen LogP contribution in [-0.2, 0) is 10.0 Å². The van der Waals surface area contributed by atoms with E-state index in [1.165, 1.54) is 21.1 Å². The number of anilines is 2. The molecule has 2 aromatic carbocycles. The molecular formula is C24H31N5O2S. The number of fused-ring (bicyclic) bond motifs is 1. The van der Waals surface area contributed by atoms with Gasteiger partial charge < -0.3 is 9.80 Å². The molecule has 2 heterocycles. The summed E-state index contributed by atoms with van der Waals surface area (Å²) in [6.07, 6.45) is 1.75. The molecule has 32 heavy (non-hydrogen) atoms. The Hall–Kier alpha value is -2.71. The SMILES string of the molecule is CCN(CC)S(=O)(=O)c1ccc2nc(N3CCN(c4cc(C)ccc4C)CC3)cnc2c1. The predicted octanol–water partition coefficient (Wildman–Crippen LogP) is 3.60. The smallest absolute Gasteiger partial charge is 0.243 e. The van der Waals surface area contributed by atoms with Gasteiger partial charge in [-0.15, -0.1) is 0 Å². The normalized spacial score (nSPS) is 15.0. The Balaban J connectivity index is 1.52. The first-order chi connectivity index (χ1) is 15.3. The fraction of sp³-hybridized carbons (Fsp3) is 0.417. The van der Waals surface area contributed by atoms with E-state index in [9.17, 15) is 8.42 Å². The average molecular weight is 454 g/mol. The zero-order valence-electron chi connectivity index (χ0n) is 19.2. The van der Waals surface area contributed by atoms with Gasteiger partial charge >= 0.3 is 0 Å². The van der Waals surface area contributed by atoms with Crippen LogP contribution in [0.15, 0.2) is 47.5 Å². The largest absolute Gasteiger partial charge is 0.368 e. The van der Waals surface area contributed by atoms with E-state index in [-0.39, 0.29) is 4.90 Å². The van der Waals surface area contributed by atoms with E-state index in [1.54, 1.807) is 24.4 Å². The van der Waals surface area contributed by atoms with E-state index in [4.69, 9.17) is 4.98 Å². The molecule has 0 atom stereocenters. The number of rotatable bonds is 6. The number of aromatic nitrogens is 2. The number of piperazine rings is 1. The van der Waals surface area contributed by atoms with Crippen LogP contribution >= 0.6 is 0 Å². The molecule has 3 aromatic rings. The third kappa shape index (κ3) is 4.29. The van der Waals surface area contributed by atoms with Gasteiger partial charge in [0.25, 0.3) is 0 Å². The van der Waals surface area contributed by atoms with Gasteiger partial charge in [0, 0.05) is 45.0 Å². The van der Waals surface area contributed by atoms with Crippen LogP contribution in [0.2, 0.25) is 0 Å². The molecule has 8 heteroatoms. The van der Waals surface area contributed by atoms with Crippen LogP contribution in [0.1, 0.15) is 25.0 Å². The van der Waals surface area contributed by atoms with Crippen molar-refractivity contribution in [2.24, 2.45) is 0 Å². The summed E-state index contributed by atoms with van der Waals surface area (Å²) in [4.78, 5) is 14.3. The second-order valence-electron chi connectivity index (χ2n) is 8.23. The molecule has 1 fully saturated rings. The Morgan fingerprint density at radius 1 is 0.906 bits per heavy atom. The maximum absolute atomic E-state index is 12.8. The lowest BCUT2D eigenvalue weighted by Crippen LogP contribution is -2.47. The third-order valence-corrected chi connectivity index (χ3v) is 8.20. The maximum atomic E-state index is 12.8.